The van der Waals surface area contributed by atoms with E-state index in [0.29, 0.717) is 41.0 Å². The quantitative estimate of drug-likeness (QED) is 0.498. The highest BCUT2D eigenvalue weighted by Gasteiger charge is 2.46. The van der Waals surface area contributed by atoms with Crippen molar-refractivity contribution in [3.63, 3.8) is 0 Å². The highest BCUT2D eigenvalue weighted by Crippen LogP contribution is 2.46. The van der Waals surface area contributed by atoms with Crippen molar-refractivity contribution in [1.82, 2.24) is 9.55 Å². The number of carboxylic acid groups (broad SMARTS) is 1. The van der Waals surface area contributed by atoms with Crippen LogP contribution in [0.5, 0.6) is 5.75 Å². The van der Waals surface area contributed by atoms with Gasteiger partial charge in [0.2, 0.25) is 0 Å². The Morgan fingerprint density at radius 2 is 2.16 bits per heavy atom. The van der Waals surface area contributed by atoms with E-state index in [0.717, 1.165) is 20.9 Å². The molecule has 160 valence electrons. The molecule has 0 fully saturated rings. The molecular formula is C24H19N3O5. The highest BCUT2D eigenvalue weighted by atomic mass is 16.5. The molecule has 1 aliphatic rings. The van der Waals surface area contributed by atoms with Crippen LogP contribution in [0.4, 0.5) is 0 Å². The number of benzene rings is 2. The van der Waals surface area contributed by atoms with Crippen LogP contribution in [0, 0.1) is 6.57 Å². The molecule has 2 heterocycles. The third kappa shape index (κ3) is 2.86. The van der Waals surface area contributed by atoms with Crippen molar-refractivity contribution < 1.29 is 19.1 Å². The minimum atomic E-state index is -1.12. The second-order valence-electron chi connectivity index (χ2n) is 7.93. The molecule has 2 aromatic heterocycles. The predicted octanol–water partition coefficient (Wildman–Crippen LogP) is 3.54. The monoisotopic (exact) mass is 429 g/mol. The summed E-state index contributed by atoms with van der Waals surface area (Å²) in [5.74, 6) is -0.551. The SMILES string of the molecule is [C-]#[N+]C1(c2ccc(OC)c3oc4ccccc4c23)CCc2ncn(CC(=O)O)c(=O)c2C1. The summed E-state index contributed by atoms with van der Waals surface area (Å²) in [5, 5.41) is 10.8. The zero-order chi connectivity index (χ0) is 22.5. The topological polar surface area (TPSA) is 98.9 Å². The fourth-order valence-electron chi connectivity index (χ4n) is 4.66. The van der Waals surface area contributed by atoms with Crippen LogP contribution in [0.1, 0.15) is 23.2 Å². The van der Waals surface area contributed by atoms with Crippen LogP contribution < -0.4 is 10.3 Å². The molecule has 0 amide bonds. The maximum absolute atomic E-state index is 13.0. The standard InChI is InChI=1S/C24H19N3O5/c1-25-24(10-9-17-15(11-24)23(30)27(13-26-17)12-20(28)29)16-7-8-19(31-2)22-21(16)14-5-3-4-6-18(14)32-22/h3-8,13H,9-12H2,2H3,(H,28,29). The van der Waals surface area contributed by atoms with Gasteiger partial charge < -0.3 is 19.1 Å². The van der Waals surface area contributed by atoms with Crippen molar-refractivity contribution in [2.24, 2.45) is 0 Å². The average Bonchev–Trinajstić information content (AvgIpc) is 3.20. The Bertz CT molecular complexity index is 1490. The third-order valence-corrected chi connectivity index (χ3v) is 6.20. The van der Waals surface area contributed by atoms with Crippen molar-refractivity contribution >= 4 is 27.9 Å². The first kappa shape index (κ1) is 19.8. The number of para-hydroxylation sites is 1. The predicted molar refractivity (Wildman–Crippen MR) is 117 cm³/mol. The molecule has 0 saturated carbocycles. The lowest BCUT2D eigenvalue weighted by Crippen LogP contribution is -2.38. The lowest BCUT2D eigenvalue weighted by molar-refractivity contribution is -0.137. The molecule has 0 spiro atoms. The van der Waals surface area contributed by atoms with Gasteiger partial charge in [0.25, 0.3) is 11.1 Å². The maximum atomic E-state index is 13.0. The van der Waals surface area contributed by atoms with Gasteiger partial charge >= 0.3 is 5.97 Å². The first-order valence-electron chi connectivity index (χ1n) is 10.1. The molecule has 4 aromatic rings. The molecule has 1 unspecified atom stereocenters. The minimum absolute atomic E-state index is 0.152. The van der Waals surface area contributed by atoms with Crippen LogP contribution in [-0.2, 0) is 29.7 Å². The second-order valence-corrected chi connectivity index (χ2v) is 7.93. The van der Waals surface area contributed by atoms with Crippen LogP contribution >= 0.6 is 0 Å². The number of hydrogen-bond acceptors (Lipinski definition) is 5. The molecule has 0 saturated heterocycles. The second kappa shape index (κ2) is 7.24. The number of aromatic nitrogens is 2. The van der Waals surface area contributed by atoms with Crippen LogP contribution in [0.2, 0.25) is 0 Å². The molecule has 5 rings (SSSR count). The zero-order valence-electron chi connectivity index (χ0n) is 17.3. The molecule has 2 aromatic carbocycles. The van der Waals surface area contributed by atoms with Gasteiger partial charge in [-0.3, -0.25) is 14.2 Å². The molecular weight excluding hydrogens is 410 g/mol. The van der Waals surface area contributed by atoms with Crippen LogP contribution in [0.25, 0.3) is 26.8 Å². The number of nitrogens with zero attached hydrogens (tertiary/aromatic N) is 3. The van der Waals surface area contributed by atoms with E-state index >= 15 is 0 Å². The van der Waals surface area contributed by atoms with Crippen molar-refractivity contribution in [2.75, 3.05) is 7.11 Å². The van der Waals surface area contributed by atoms with E-state index < -0.39 is 23.6 Å². The Balaban J connectivity index is 1.74. The van der Waals surface area contributed by atoms with E-state index in [1.807, 2.05) is 30.3 Å². The van der Waals surface area contributed by atoms with Crippen molar-refractivity contribution in [3.05, 3.63) is 81.3 Å². The van der Waals surface area contributed by atoms with Crippen LogP contribution in [0.3, 0.4) is 0 Å². The largest absolute Gasteiger partial charge is 0.493 e. The summed E-state index contributed by atoms with van der Waals surface area (Å²) in [6.07, 6.45) is 2.36. The molecule has 0 aliphatic heterocycles. The molecule has 0 radical (unpaired) electrons. The number of aliphatic carboxylic acids is 1. The number of fused-ring (bicyclic) bond motifs is 4. The number of furan rings is 1. The van der Waals surface area contributed by atoms with Crippen LogP contribution in [-0.4, -0.2) is 27.7 Å². The van der Waals surface area contributed by atoms with E-state index in [4.69, 9.17) is 20.8 Å². The number of rotatable bonds is 4. The third-order valence-electron chi connectivity index (χ3n) is 6.20. The Hall–Kier alpha value is -4.12. The van der Waals surface area contributed by atoms with E-state index in [2.05, 4.69) is 9.83 Å². The first-order chi connectivity index (χ1) is 15.5. The molecule has 1 atom stereocenters. The molecule has 32 heavy (non-hydrogen) atoms. The van der Waals surface area contributed by atoms with Gasteiger partial charge in [-0.15, -0.1) is 0 Å². The van der Waals surface area contributed by atoms with Gasteiger partial charge in [-0.2, -0.15) is 0 Å². The maximum Gasteiger partial charge on any atom is 0.323 e. The number of carbonyl (C=O) groups is 1. The van der Waals surface area contributed by atoms with Gasteiger partial charge in [0, 0.05) is 28.3 Å². The summed E-state index contributed by atoms with van der Waals surface area (Å²) < 4.78 is 12.7. The van der Waals surface area contributed by atoms with Gasteiger partial charge in [-0.05, 0) is 24.6 Å². The van der Waals surface area contributed by atoms with Crippen molar-refractivity contribution in [2.45, 2.75) is 31.3 Å². The fraction of sp³-hybridized carbons (Fsp3) is 0.250. The van der Waals surface area contributed by atoms with Crippen molar-refractivity contribution in [1.29, 1.82) is 0 Å². The summed E-state index contributed by atoms with van der Waals surface area (Å²) >= 11 is 0. The van der Waals surface area contributed by atoms with E-state index in [-0.39, 0.29) is 6.42 Å². The van der Waals surface area contributed by atoms with Crippen molar-refractivity contribution in [3.8, 4) is 5.75 Å². The fourth-order valence-corrected chi connectivity index (χ4v) is 4.66. The Morgan fingerprint density at radius 1 is 1.34 bits per heavy atom. The van der Waals surface area contributed by atoms with E-state index in [1.54, 1.807) is 13.2 Å². The Morgan fingerprint density at radius 3 is 2.91 bits per heavy atom. The number of aryl methyl sites for hydroxylation is 1. The van der Waals surface area contributed by atoms with Gasteiger partial charge in [-0.25, -0.2) is 11.6 Å². The first-order valence-corrected chi connectivity index (χ1v) is 10.1. The lowest BCUT2D eigenvalue weighted by atomic mass is 9.74. The number of hydrogen-bond donors (Lipinski definition) is 1. The van der Waals surface area contributed by atoms with Gasteiger partial charge in [0.1, 0.15) is 12.1 Å². The lowest BCUT2D eigenvalue weighted by Gasteiger charge is -2.28. The number of methoxy groups -OCH3 is 1. The summed E-state index contributed by atoms with van der Waals surface area (Å²) in [6.45, 7) is 7.67. The average molecular weight is 429 g/mol. The number of carboxylic acids is 1. The Labute approximate surface area is 182 Å². The Kier molecular flexibility index (Phi) is 4.48. The van der Waals surface area contributed by atoms with Gasteiger partial charge in [0.15, 0.2) is 11.3 Å². The minimum Gasteiger partial charge on any atom is -0.493 e. The molecule has 1 N–H and O–H groups in total. The van der Waals surface area contributed by atoms with Gasteiger partial charge in [-0.1, -0.05) is 18.2 Å². The normalized spacial score (nSPS) is 17.8. The zero-order valence-corrected chi connectivity index (χ0v) is 17.3. The summed E-state index contributed by atoms with van der Waals surface area (Å²) in [6, 6.07) is 11.3. The molecule has 8 nitrogen and oxygen atoms in total. The highest BCUT2D eigenvalue weighted by molar-refractivity contribution is 6.09. The number of ether oxygens (including phenoxy) is 1. The molecule has 0 bridgehead atoms. The molecule has 8 heteroatoms. The summed E-state index contributed by atoms with van der Waals surface area (Å²) in [7, 11) is 1.57. The van der Waals surface area contributed by atoms with Crippen LogP contribution in [0.15, 0.2) is 51.9 Å². The van der Waals surface area contributed by atoms with E-state index in [9.17, 15) is 9.59 Å². The summed E-state index contributed by atoms with van der Waals surface area (Å²) in [4.78, 5) is 32.5. The van der Waals surface area contributed by atoms with Gasteiger partial charge in [0.05, 0.1) is 25.6 Å². The summed E-state index contributed by atoms with van der Waals surface area (Å²) in [5.41, 5.74) is 1.63. The van der Waals surface area contributed by atoms with E-state index in [1.165, 1.54) is 6.33 Å². The molecule has 1 aliphatic carbocycles. The smallest absolute Gasteiger partial charge is 0.323 e.